The van der Waals surface area contributed by atoms with Crippen LogP contribution in [0.5, 0.6) is 11.5 Å². The van der Waals surface area contributed by atoms with Crippen molar-refractivity contribution in [2.45, 2.75) is 19.8 Å². The topological polar surface area (TPSA) is 44.8 Å². The average molecular weight is 400 g/mol. The van der Waals surface area contributed by atoms with Gasteiger partial charge in [-0.1, -0.05) is 42.5 Å². The molecule has 0 spiro atoms. The molecule has 152 valence electrons. The minimum absolute atomic E-state index is 0.0600. The second-order valence-electron chi connectivity index (χ2n) is 7.87. The molecule has 2 aliphatic heterocycles. The molecule has 30 heavy (non-hydrogen) atoms. The summed E-state index contributed by atoms with van der Waals surface area (Å²) in [4.78, 5) is 11.4. The van der Waals surface area contributed by atoms with Crippen molar-refractivity contribution in [1.29, 1.82) is 0 Å². The van der Waals surface area contributed by atoms with E-state index in [2.05, 4.69) is 43.3 Å². The van der Waals surface area contributed by atoms with E-state index in [9.17, 15) is 4.79 Å². The second kappa shape index (κ2) is 7.86. The van der Waals surface area contributed by atoms with E-state index >= 15 is 0 Å². The molecule has 1 aliphatic carbocycles. The van der Waals surface area contributed by atoms with Crippen LogP contribution in [0.15, 0.2) is 65.5 Å². The Morgan fingerprint density at radius 2 is 1.83 bits per heavy atom. The van der Waals surface area contributed by atoms with Crippen LogP contribution in [0.25, 0.3) is 17.2 Å². The maximum atomic E-state index is 11.4. The molecule has 2 aromatic carbocycles. The molecule has 1 atom stereocenters. The Bertz CT molecular complexity index is 1090. The zero-order valence-electron chi connectivity index (χ0n) is 17.0. The number of fused-ring (bicyclic) bond motifs is 1. The number of aldehydes is 1. The molecular weight excluding hydrogens is 376 g/mol. The van der Waals surface area contributed by atoms with Gasteiger partial charge in [0, 0.05) is 17.9 Å². The van der Waals surface area contributed by atoms with Gasteiger partial charge in [-0.2, -0.15) is 0 Å². The largest absolute Gasteiger partial charge is 0.493 e. The molecule has 3 aliphatic rings. The summed E-state index contributed by atoms with van der Waals surface area (Å²) in [5.74, 6) is 2.50. The predicted octanol–water partition coefficient (Wildman–Crippen LogP) is 5.27. The van der Waals surface area contributed by atoms with Gasteiger partial charge in [-0.3, -0.25) is 0 Å². The Morgan fingerprint density at radius 1 is 0.967 bits per heavy atom. The molecule has 0 aromatic heterocycles. The summed E-state index contributed by atoms with van der Waals surface area (Å²) < 4.78 is 17.2. The van der Waals surface area contributed by atoms with Crippen molar-refractivity contribution >= 4 is 12.4 Å². The van der Waals surface area contributed by atoms with E-state index < -0.39 is 0 Å². The van der Waals surface area contributed by atoms with Crippen LogP contribution in [0.3, 0.4) is 0 Å². The number of hydrogen-bond acceptors (Lipinski definition) is 4. The lowest BCUT2D eigenvalue weighted by molar-refractivity contribution is -0.109. The third kappa shape index (κ3) is 3.43. The molecule has 2 heterocycles. The van der Waals surface area contributed by atoms with Crippen LogP contribution in [-0.4, -0.2) is 26.1 Å². The smallest absolute Gasteiger partial charge is 0.161 e. The first-order valence-electron chi connectivity index (χ1n) is 10.4. The van der Waals surface area contributed by atoms with Crippen LogP contribution >= 0.6 is 0 Å². The lowest BCUT2D eigenvalue weighted by Crippen LogP contribution is -2.15. The van der Waals surface area contributed by atoms with Crippen molar-refractivity contribution < 1.29 is 19.0 Å². The van der Waals surface area contributed by atoms with E-state index in [-0.39, 0.29) is 5.92 Å². The fourth-order valence-electron chi connectivity index (χ4n) is 4.38. The zero-order valence-corrected chi connectivity index (χ0v) is 17.0. The van der Waals surface area contributed by atoms with E-state index in [4.69, 9.17) is 14.2 Å². The summed E-state index contributed by atoms with van der Waals surface area (Å²) in [6.07, 6.45) is 8.95. The van der Waals surface area contributed by atoms with Gasteiger partial charge in [0.25, 0.3) is 0 Å². The predicted molar refractivity (Wildman–Crippen MR) is 116 cm³/mol. The first-order valence-corrected chi connectivity index (χ1v) is 10.4. The van der Waals surface area contributed by atoms with Crippen LogP contribution in [0, 0.1) is 12.8 Å². The summed E-state index contributed by atoms with van der Waals surface area (Å²) in [5, 5.41) is 0. The normalized spacial score (nSPS) is 20.0. The standard InChI is InChI=1S/C26H24O4/c1-17-19(5-6-21-13-18(16-27)14-22-9-10-30-26(21)22)3-2-4-23(17)20-7-8-24-25(15-20)29-12-11-28-24/h2-8,13,15-16,18H,9-12,14H2,1H3/b6-5+. The van der Waals surface area contributed by atoms with Crippen LogP contribution in [-0.2, 0) is 9.53 Å². The third-order valence-electron chi connectivity index (χ3n) is 5.96. The summed E-state index contributed by atoms with van der Waals surface area (Å²) >= 11 is 0. The zero-order chi connectivity index (χ0) is 20.5. The van der Waals surface area contributed by atoms with E-state index in [1.54, 1.807) is 0 Å². The highest BCUT2D eigenvalue weighted by Gasteiger charge is 2.25. The molecule has 1 unspecified atom stereocenters. The fraction of sp³-hybridized carbons (Fsp3) is 0.269. The lowest BCUT2D eigenvalue weighted by atomic mass is 9.88. The van der Waals surface area contributed by atoms with Crippen LogP contribution in [0.2, 0.25) is 0 Å². The molecular formula is C26H24O4. The molecule has 2 aromatic rings. The van der Waals surface area contributed by atoms with Gasteiger partial charge in [0.05, 0.1) is 6.61 Å². The summed E-state index contributed by atoms with van der Waals surface area (Å²) in [5.41, 5.74) is 6.86. The molecule has 0 amide bonds. The monoisotopic (exact) mass is 400 g/mol. The molecule has 0 saturated heterocycles. The van der Waals surface area contributed by atoms with E-state index in [1.165, 1.54) is 11.1 Å². The number of rotatable bonds is 4. The van der Waals surface area contributed by atoms with Crippen molar-refractivity contribution in [3.05, 3.63) is 76.6 Å². The highest BCUT2D eigenvalue weighted by Crippen LogP contribution is 2.38. The van der Waals surface area contributed by atoms with E-state index in [0.717, 1.165) is 58.6 Å². The lowest BCUT2D eigenvalue weighted by Gasteiger charge is -2.19. The first-order chi connectivity index (χ1) is 14.7. The number of hydrogen-bond donors (Lipinski definition) is 0. The Morgan fingerprint density at radius 3 is 2.70 bits per heavy atom. The van der Waals surface area contributed by atoms with Gasteiger partial charge in [-0.05, 0) is 53.3 Å². The Hall–Kier alpha value is -3.27. The number of allylic oxidation sites excluding steroid dienone is 2. The van der Waals surface area contributed by atoms with Crippen LogP contribution in [0.4, 0.5) is 0 Å². The average Bonchev–Trinajstić information content (AvgIpc) is 3.26. The van der Waals surface area contributed by atoms with Crippen molar-refractivity contribution in [1.82, 2.24) is 0 Å². The summed E-state index contributed by atoms with van der Waals surface area (Å²) in [6, 6.07) is 12.4. The van der Waals surface area contributed by atoms with Crippen molar-refractivity contribution in [2.24, 2.45) is 5.92 Å². The molecule has 4 heteroatoms. The minimum Gasteiger partial charge on any atom is -0.493 e. The number of carbonyl (C=O) groups is 1. The highest BCUT2D eigenvalue weighted by atomic mass is 16.6. The van der Waals surface area contributed by atoms with Gasteiger partial charge in [0.2, 0.25) is 0 Å². The molecule has 0 fully saturated rings. The summed E-state index contributed by atoms with van der Waals surface area (Å²) in [7, 11) is 0. The van der Waals surface area contributed by atoms with Crippen LogP contribution in [0.1, 0.15) is 24.0 Å². The van der Waals surface area contributed by atoms with Gasteiger partial charge in [-0.25, -0.2) is 0 Å². The maximum Gasteiger partial charge on any atom is 0.161 e. The van der Waals surface area contributed by atoms with Crippen molar-refractivity contribution in [2.75, 3.05) is 19.8 Å². The fourth-order valence-corrected chi connectivity index (χ4v) is 4.38. The number of ether oxygens (including phenoxy) is 3. The molecule has 0 saturated carbocycles. The molecule has 4 nitrogen and oxygen atoms in total. The quantitative estimate of drug-likeness (QED) is 0.656. The third-order valence-corrected chi connectivity index (χ3v) is 5.96. The van der Waals surface area contributed by atoms with E-state index in [0.29, 0.717) is 19.8 Å². The molecule has 0 bridgehead atoms. The SMILES string of the molecule is Cc1c(/C=C/C2=CC(C=O)CC3=C2OCC3)cccc1-c1ccc2c(c1)OCCO2. The van der Waals surface area contributed by atoms with Crippen LogP contribution < -0.4 is 9.47 Å². The molecule has 0 radical (unpaired) electrons. The van der Waals surface area contributed by atoms with Gasteiger partial charge in [-0.15, -0.1) is 0 Å². The number of benzene rings is 2. The van der Waals surface area contributed by atoms with Gasteiger partial charge < -0.3 is 19.0 Å². The van der Waals surface area contributed by atoms with Crippen molar-refractivity contribution in [3.63, 3.8) is 0 Å². The minimum atomic E-state index is -0.0600. The Kier molecular flexibility index (Phi) is 4.91. The summed E-state index contributed by atoms with van der Waals surface area (Å²) in [6.45, 7) is 4.01. The molecule has 0 N–H and O–H groups in total. The Balaban J connectivity index is 1.46. The van der Waals surface area contributed by atoms with E-state index in [1.807, 2.05) is 18.2 Å². The van der Waals surface area contributed by atoms with Gasteiger partial charge >= 0.3 is 0 Å². The second-order valence-corrected chi connectivity index (χ2v) is 7.87. The Labute approximate surface area is 176 Å². The highest BCUT2D eigenvalue weighted by molar-refractivity contribution is 5.75. The van der Waals surface area contributed by atoms with Crippen molar-refractivity contribution in [3.8, 4) is 22.6 Å². The van der Waals surface area contributed by atoms with Gasteiger partial charge in [0.1, 0.15) is 25.3 Å². The number of carbonyl (C=O) groups excluding carboxylic acids is 1. The molecule has 5 rings (SSSR count). The maximum absolute atomic E-state index is 11.4. The van der Waals surface area contributed by atoms with Gasteiger partial charge in [0.15, 0.2) is 11.5 Å². The first kappa shape index (κ1) is 18.7.